The van der Waals surface area contributed by atoms with E-state index >= 15 is 0 Å². The number of piperazine rings is 1. The minimum Gasteiger partial charge on any atom is -0.313 e. The van der Waals surface area contributed by atoms with Crippen LogP contribution in [0, 0.1) is 0 Å². The van der Waals surface area contributed by atoms with Gasteiger partial charge < -0.3 is 5.32 Å². The minimum absolute atomic E-state index is 0.0156. The molecule has 2 heterocycles. The van der Waals surface area contributed by atoms with E-state index in [-0.39, 0.29) is 23.8 Å². The van der Waals surface area contributed by atoms with Crippen LogP contribution in [-0.4, -0.2) is 37.9 Å². The maximum Gasteiger partial charge on any atom is 0.218 e. The van der Waals surface area contributed by atoms with Crippen LogP contribution in [0.25, 0.3) is 12.2 Å². The largest absolute Gasteiger partial charge is 0.313 e. The molecule has 0 amide bonds. The van der Waals surface area contributed by atoms with Gasteiger partial charge in [0.1, 0.15) is 0 Å². The number of benzene rings is 3. The van der Waals surface area contributed by atoms with E-state index in [4.69, 9.17) is 0 Å². The van der Waals surface area contributed by atoms with Gasteiger partial charge in [-0.25, -0.2) is 8.42 Å². The van der Waals surface area contributed by atoms with Gasteiger partial charge in [0, 0.05) is 31.1 Å². The molecule has 1 unspecified atom stereocenters. The van der Waals surface area contributed by atoms with Crippen LogP contribution in [0.5, 0.6) is 0 Å². The number of fused-ring (bicyclic) bond motifs is 2. The molecule has 2 fully saturated rings. The molecular formula is C26H26N2O2S. The Morgan fingerprint density at radius 1 is 0.774 bits per heavy atom. The molecule has 2 aliphatic rings. The fraction of sp³-hybridized carbons (Fsp3) is 0.231. The van der Waals surface area contributed by atoms with Crippen molar-refractivity contribution in [3.05, 3.63) is 107 Å². The highest BCUT2D eigenvalue weighted by Gasteiger charge is 2.56. The van der Waals surface area contributed by atoms with Gasteiger partial charge in [-0.3, -0.25) is 0 Å². The van der Waals surface area contributed by atoms with E-state index in [9.17, 15) is 8.42 Å². The number of hydrogen-bond acceptors (Lipinski definition) is 3. The average Bonchev–Trinajstić information content (AvgIpc) is 2.80. The molecule has 0 spiro atoms. The Kier molecular flexibility index (Phi) is 5.48. The third kappa shape index (κ3) is 4.09. The Balaban J connectivity index is 1.31. The van der Waals surface area contributed by atoms with Crippen molar-refractivity contribution < 1.29 is 8.42 Å². The lowest BCUT2D eigenvalue weighted by molar-refractivity contribution is 0.0369. The lowest BCUT2D eigenvalue weighted by atomic mass is 9.75. The second-order valence-electron chi connectivity index (χ2n) is 8.30. The van der Waals surface area contributed by atoms with Gasteiger partial charge in [-0.2, -0.15) is 4.31 Å². The molecule has 2 saturated heterocycles. The number of nitrogens with zero attached hydrogens (tertiary/aromatic N) is 1. The van der Waals surface area contributed by atoms with Gasteiger partial charge in [0.25, 0.3) is 0 Å². The molecule has 5 rings (SSSR count). The second-order valence-corrected chi connectivity index (χ2v) is 10.2. The van der Waals surface area contributed by atoms with Crippen LogP contribution in [0.1, 0.15) is 28.2 Å². The van der Waals surface area contributed by atoms with Crippen molar-refractivity contribution in [3.8, 4) is 0 Å². The average molecular weight is 431 g/mol. The summed E-state index contributed by atoms with van der Waals surface area (Å²) in [6.07, 6.45) is 4.22. The SMILES string of the molecule is O=S(=O)(Cc1ccccc1)N1[C@@H]2CNC[C@H]1C2c1ccc(/C=C/c2ccccc2)cc1. The predicted octanol–water partition coefficient (Wildman–Crippen LogP) is 4.13. The molecule has 0 radical (unpaired) electrons. The van der Waals surface area contributed by atoms with Crippen molar-refractivity contribution in [1.29, 1.82) is 0 Å². The third-order valence-electron chi connectivity index (χ3n) is 6.29. The molecule has 4 nitrogen and oxygen atoms in total. The molecule has 31 heavy (non-hydrogen) atoms. The minimum atomic E-state index is -3.34. The smallest absolute Gasteiger partial charge is 0.218 e. The number of nitrogens with one attached hydrogen (secondary N) is 1. The molecule has 0 aliphatic carbocycles. The monoisotopic (exact) mass is 430 g/mol. The summed E-state index contributed by atoms with van der Waals surface area (Å²) in [5.74, 6) is 0.315. The Hall–Kier alpha value is -2.73. The highest BCUT2D eigenvalue weighted by atomic mass is 32.2. The van der Waals surface area contributed by atoms with Crippen LogP contribution in [0.4, 0.5) is 0 Å². The number of sulfonamides is 1. The molecule has 2 aliphatic heterocycles. The summed E-state index contributed by atoms with van der Waals surface area (Å²) in [6.45, 7) is 1.40. The lowest BCUT2D eigenvalue weighted by Crippen LogP contribution is -2.73. The quantitative estimate of drug-likeness (QED) is 0.599. The van der Waals surface area contributed by atoms with E-state index in [1.165, 1.54) is 11.1 Å². The van der Waals surface area contributed by atoms with Crippen LogP contribution in [0.15, 0.2) is 84.9 Å². The van der Waals surface area contributed by atoms with Crippen molar-refractivity contribution in [3.63, 3.8) is 0 Å². The fourth-order valence-corrected chi connectivity index (χ4v) is 6.83. The van der Waals surface area contributed by atoms with E-state index < -0.39 is 10.0 Å². The fourth-order valence-electron chi connectivity index (χ4n) is 4.83. The van der Waals surface area contributed by atoms with Crippen LogP contribution in [0.2, 0.25) is 0 Å². The number of piperidine rings is 1. The summed E-state index contributed by atoms with van der Waals surface area (Å²) in [7, 11) is -3.34. The maximum atomic E-state index is 13.1. The highest BCUT2D eigenvalue weighted by molar-refractivity contribution is 7.88. The Labute approximate surface area is 184 Å². The first-order valence-electron chi connectivity index (χ1n) is 10.7. The van der Waals surface area contributed by atoms with Crippen LogP contribution >= 0.6 is 0 Å². The molecule has 2 bridgehead atoms. The summed E-state index contributed by atoms with van der Waals surface area (Å²) in [5.41, 5.74) is 4.38. The van der Waals surface area contributed by atoms with Crippen LogP contribution in [0.3, 0.4) is 0 Å². The normalized spacial score (nSPS) is 23.5. The van der Waals surface area contributed by atoms with E-state index in [1.54, 1.807) is 4.31 Å². The van der Waals surface area contributed by atoms with Crippen LogP contribution < -0.4 is 5.32 Å². The Morgan fingerprint density at radius 3 is 1.94 bits per heavy atom. The summed E-state index contributed by atoms with van der Waals surface area (Å²) in [5, 5.41) is 3.38. The molecular weight excluding hydrogens is 404 g/mol. The molecule has 1 N–H and O–H groups in total. The van der Waals surface area contributed by atoms with Crippen molar-refractivity contribution in [2.75, 3.05) is 13.1 Å². The zero-order valence-electron chi connectivity index (χ0n) is 17.3. The highest BCUT2D eigenvalue weighted by Crippen LogP contribution is 2.45. The maximum absolute atomic E-state index is 13.1. The third-order valence-corrected chi connectivity index (χ3v) is 8.17. The molecule has 5 heteroatoms. The molecule has 3 atom stereocenters. The van der Waals surface area contributed by atoms with E-state index in [0.29, 0.717) is 13.1 Å². The molecule has 0 saturated carbocycles. The van der Waals surface area contributed by atoms with Crippen molar-refractivity contribution >= 4 is 22.2 Å². The second kappa shape index (κ2) is 8.42. The first kappa shape index (κ1) is 20.2. The zero-order chi connectivity index (χ0) is 21.3. The first-order valence-corrected chi connectivity index (χ1v) is 12.3. The van der Waals surface area contributed by atoms with Gasteiger partial charge in [-0.15, -0.1) is 0 Å². The van der Waals surface area contributed by atoms with Crippen molar-refractivity contribution in [2.24, 2.45) is 0 Å². The van der Waals surface area contributed by atoms with E-state index in [2.05, 4.69) is 53.9 Å². The zero-order valence-corrected chi connectivity index (χ0v) is 18.1. The van der Waals surface area contributed by atoms with Crippen molar-refractivity contribution in [1.82, 2.24) is 9.62 Å². The van der Waals surface area contributed by atoms with Crippen LogP contribution in [-0.2, 0) is 15.8 Å². The van der Waals surface area contributed by atoms with Gasteiger partial charge >= 0.3 is 0 Å². The van der Waals surface area contributed by atoms with Gasteiger partial charge in [-0.05, 0) is 22.3 Å². The molecule has 0 aromatic heterocycles. The Morgan fingerprint density at radius 2 is 1.32 bits per heavy atom. The predicted molar refractivity (Wildman–Crippen MR) is 126 cm³/mol. The number of rotatable bonds is 6. The van der Waals surface area contributed by atoms with E-state index in [1.807, 2.05) is 48.5 Å². The summed E-state index contributed by atoms with van der Waals surface area (Å²) in [6, 6.07) is 28.2. The van der Waals surface area contributed by atoms with Gasteiger partial charge in [-0.1, -0.05) is 97.1 Å². The summed E-state index contributed by atoms with van der Waals surface area (Å²) in [4.78, 5) is 0. The van der Waals surface area contributed by atoms with E-state index in [0.717, 1.165) is 11.1 Å². The molecule has 3 aromatic carbocycles. The van der Waals surface area contributed by atoms with Gasteiger partial charge in [0.2, 0.25) is 10.0 Å². The Bertz CT molecular complexity index is 1150. The lowest BCUT2D eigenvalue weighted by Gasteiger charge is -2.58. The van der Waals surface area contributed by atoms with Crippen molar-refractivity contribution in [2.45, 2.75) is 23.8 Å². The standard InChI is InChI=1S/C26H26N2O2S/c29-31(30,19-22-9-5-2-6-10-22)28-24-17-27-18-25(28)26(24)23-15-13-21(14-16-23)12-11-20-7-3-1-4-8-20/h1-16,24-27H,17-19H2/b12-11+/t24-,25+,26?. The topological polar surface area (TPSA) is 49.4 Å². The number of hydrogen-bond donors (Lipinski definition) is 1. The molecule has 158 valence electrons. The summed E-state index contributed by atoms with van der Waals surface area (Å²) < 4.78 is 28.0. The van der Waals surface area contributed by atoms with Gasteiger partial charge in [0.05, 0.1) is 5.75 Å². The summed E-state index contributed by atoms with van der Waals surface area (Å²) >= 11 is 0. The molecule has 3 aromatic rings. The first-order chi connectivity index (χ1) is 15.1. The van der Waals surface area contributed by atoms with Gasteiger partial charge in [0.15, 0.2) is 0 Å².